The van der Waals surface area contributed by atoms with Gasteiger partial charge in [-0.3, -0.25) is 0 Å². The maximum absolute atomic E-state index is 9.75. The number of hydrogen-bond acceptors (Lipinski definition) is 3. The Balaban J connectivity index is 2.22. The number of aliphatic hydroxyl groups is 1. The highest BCUT2D eigenvalue weighted by Crippen LogP contribution is 2.11. The lowest BCUT2D eigenvalue weighted by atomic mass is 10.1. The zero-order valence-corrected chi connectivity index (χ0v) is 9.39. The standard InChI is InChI=1S/C12H19NO2/c1-13(2)8-9-15-10-12(14)11-6-4-3-5-7-11/h3-7,12,14H,8-10H2,1-2H3/t12-/m0/s1. The average Bonchev–Trinajstić information content (AvgIpc) is 2.25. The molecule has 0 unspecified atom stereocenters. The minimum atomic E-state index is -0.520. The van der Waals surface area contributed by atoms with Crippen molar-refractivity contribution in [2.24, 2.45) is 0 Å². The highest BCUT2D eigenvalue weighted by atomic mass is 16.5. The van der Waals surface area contributed by atoms with Crippen molar-refractivity contribution >= 4 is 0 Å². The van der Waals surface area contributed by atoms with Crippen molar-refractivity contribution in [2.75, 3.05) is 33.9 Å². The predicted octanol–water partition coefficient (Wildman–Crippen LogP) is 1.30. The summed E-state index contributed by atoms with van der Waals surface area (Å²) in [4.78, 5) is 2.05. The Labute approximate surface area is 91.3 Å². The molecule has 0 bridgehead atoms. The average molecular weight is 209 g/mol. The predicted molar refractivity (Wildman–Crippen MR) is 60.8 cm³/mol. The molecule has 0 saturated carbocycles. The number of ether oxygens (including phenoxy) is 1. The van der Waals surface area contributed by atoms with E-state index in [0.717, 1.165) is 12.1 Å². The summed E-state index contributed by atoms with van der Waals surface area (Å²) < 4.78 is 5.37. The Morgan fingerprint density at radius 1 is 1.27 bits per heavy atom. The third-order valence-corrected chi connectivity index (χ3v) is 2.14. The van der Waals surface area contributed by atoms with Crippen molar-refractivity contribution < 1.29 is 9.84 Å². The normalized spacial score (nSPS) is 13.1. The molecule has 0 aromatic heterocycles. The Morgan fingerprint density at radius 3 is 2.53 bits per heavy atom. The van der Waals surface area contributed by atoms with Gasteiger partial charge in [0.15, 0.2) is 0 Å². The van der Waals surface area contributed by atoms with Gasteiger partial charge in [-0.05, 0) is 19.7 Å². The fourth-order valence-electron chi connectivity index (χ4n) is 1.21. The van der Waals surface area contributed by atoms with E-state index in [9.17, 15) is 5.11 Å². The summed E-state index contributed by atoms with van der Waals surface area (Å²) in [5.41, 5.74) is 0.905. The van der Waals surface area contributed by atoms with Crippen LogP contribution in [0.2, 0.25) is 0 Å². The van der Waals surface area contributed by atoms with Gasteiger partial charge in [0.1, 0.15) is 6.10 Å². The van der Waals surface area contributed by atoms with Crippen LogP contribution >= 0.6 is 0 Å². The smallest absolute Gasteiger partial charge is 0.102 e. The van der Waals surface area contributed by atoms with Crippen LogP contribution in [0.1, 0.15) is 11.7 Å². The fourth-order valence-corrected chi connectivity index (χ4v) is 1.21. The molecule has 0 spiro atoms. The van der Waals surface area contributed by atoms with Crippen molar-refractivity contribution in [3.8, 4) is 0 Å². The molecule has 15 heavy (non-hydrogen) atoms. The zero-order chi connectivity index (χ0) is 11.1. The molecule has 0 aliphatic rings. The van der Waals surface area contributed by atoms with Gasteiger partial charge in [-0.15, -0.1) is 0 Å². The van der Waals surface area contributed by atoms with Crippen molar-refractivity contribution in [1.29, 1.82) is 0 Å². The lowest BCUT2D eigenvalue weighted by Gasteiger charge is -2.13. The van der Waals surface area contributed by atoms with Crippen LogP contribution in [0.5, 0.6) is 0 Å². The van der Waals surface area contributed by atoms with E-state index in [-0.39, 0.29) is 0 Å². The number of benzene rings is 1. The van der Waals surface area contributed by atoms with E-state index in [0.29, 0.717) is 13.2 Å². The van der Waals surface area contributed by atoms with Crippen LogP contribution in [-0.4, -0.2) is 43.9 Å². The second-order valence-corrected chi connectivity index (χ2v) is 3.80. The number of rotatable bonds is 6. The third-order valence-electron chi connectivity index (χ3n) is 2.14. The molecular weight excluding hydrogens is 190 g/mol. The Bertz CT molecular complexity index is 262. The molecule has 1 N–H and O–H groups in total. The van der Waals surface area contributed by atoms with Crippen LogP contribution in [-0.2, 0) is 4.74 Å². The van der Waals surface area contributed by atoms with Crippen molar-refractivity contribution in [1.82, 2.24) is 4.90 Å². The quantitative estimate of drug-likeness (QED) is 0.717. The molecule has 0 aliphatic carbocycles. The molecule has 0 radical (unpaired) electrons. The summed E-state index contributed by atoms with van der Waals surface area (Å²) in [6, 6.07) is 9.57. The second-order valence-electron chi connectivity index (χ2n) is 3.80. The SMILES string of the molecule is CN(C)CCOC[C@H](O)c1ccccc1. The lowest BCUT2D eigenvalue weighted by molar-refractivity contribution is 0.0306. The van der Waals surface area contributed by atoms with Crippen molar-refractivity contribution in [2.45, 2.75) is 6.10 Å². The number of aliphatic hydroxyl groups excluding tert-OH is 1. The van der Waals surface area contributed by atoms with Crippen LogP contribution in [0.25, 0.3) is 0 Å². The molecule has 0 fully saturated rings. The molecular formula is C12H19NO2. The molecule has 0 saturated heterocycles. The van der Waals surface area contributed by atoms with E-state index in [1.807, 2.05) is 44.4 Å². The summed E-state index contributed by atoms with van der Waals surface area (Å²) in [7, 11) is 3.99. The summed E-state index contributed by atoms with van der Waals surface area (Å²) in [5.74, 6) is 0. The minimum absolute atomic E-state index is 0.359. The van der Waals surface area contributed by atoms with Gasteiger partial charge in [-0.25, -0.2) is 0 Å². The highest BCUT2D eigenvalue weighted by molar-refractivity contribution is 5.17. The molecule has 0 heterocycles. The highest BCUT2D eigenvalue weighted by Gasteiger charge is 2.06. The van der Waals surface area contributed by atoms with Crippen molar-refractivity contribution in [3.05, 3.63) is 35.9 Å². The first-order valence-electron chi connectivity index (χ1n) is 5.15. The molecule has 0 amide bonds. The first-order chi connectivity index (χ1) is 7.20. The summed E-state index contributed by atoms with van der Waals surface area (Å²) in [6.45, 7) is 1.89. The first-order valence-corrected chi connectivity index (χ1v) is 5.15. The number of hydrogen-bond donors (Lipinski definition) is 1. The fraction of sp³-hybridized carbons (Fsp3) is 0.500. The monoisotopic (exact) mass is 209 g/mol. The van der Waals surface area contributed by atoms with Crippen LogP contribution < -0.4 is 0 Å². The molecule has 1 rings (SSSR count). The van der Waals surface area contributed by atoms with Gasteiger partial charge in [-0.2, -0.15) is 0 Å². The van der Waals surface area contributed by atoms with Crippen LogP contribution in [0.4, 0.5) is 0 Å². The van der Waals surface area contributed by atoms with Gasteiger partial charge in [0, 0.05) is 6.54 Å². The molecule has 84 valence electrons. The van der Waals surface area contributed by atoms with Crippen molar-refractivity contribution in [3.63, 3.8) is 0 Å². The van der Waals surface area contributed by atoms with E-state index in [1.54, 1.807) is 0 Å². The summed E-state index contributed by atoms with van der Waals surface area (Å²) >= 11 is 0. The Kier molecular flexibility index (Phi) is 5.32. The largest absolute Gasteiger partial charge is 0.386 e. The van der Waals surface area contributed by atoms with E-state index >= 15 is 0 Å². The van der Waals surface area contributed by atoms with E-state index in [4.69, 9.17) is 4.74 Å². The Morgan fingerprint density at radius 2 is 1.93 bits per heavy atom. The summed E-state index contributed by atoms with van der Waals surface area (Å²) in [6.07, 6.45) is -0.520. The zero-order valence-electron chi connectivity index (χ0n) is 9.39. The summed E-state index contributed by atoms with van der Waals surface area (Å²) in [5, 5.41) is 9.75. The number of likely N-dealkylation sites (N-methyl/N-ethyl adjacent to an activating group) is 1. The lowest BCUT2D eigenvalue weighted by Crippen LogP contribution is -2.19. The van der Waals surface area contributed by atoms with Gasteiger partial charge in [0.05, 0.1) is 13.2 Å². The molecule has 1 aromatic rings. The second kappa shape index (κ2) is 6.56. The van der Waals surface area contributed by atoms with Crippen LogP contribution in [0.15, 0.2) is 30.3 Å². The first kappa shape index (κ1) is 12.2. The number of nitrogens with zero attached hydrogens (tertiary/aromatic N) is 1. The van der Waals surface area contributed by atoms with E-state index in [1.165, 1.54) is 0 Å². The molecule has 3 heteroatoms. The van der Waals surface area contributed by atoms with Gasteiger partial charge >= 0.3 is 0 Å². The topological polar surface area (TPSA) is 32.7 Å². The molecule has 1 atom stereocenters. The van der Waals surface area contributed by atoms with E-state index in [2.05, 4.69) is 4.90 Å². The van der Waals surface area contributed by atoms with Gasteiger partial charge in [0.2, 0.25) is 0 Å². The maximum Gasteiger partial charge on any atom is 0.102 e. The van der Waals surface area contributed by atoms with Gasteiger partial charge in [-0.1, -0.05) is 30.3 Å². The molecule has 3 nitrogen and oxygen atoms in total. The van der Waals surface area contributed by atoms with Gasteiger partial charge in [0.25, 0.3) is 0 Å². The van der Waals surface area contributed by atoms with Crippen LogP contribution in [0.3, 0.4) is 0 Å². The molecule has 1 aromatic carbocycles. The minimum Gasteiger partial charge on any atom is -0.386 e. The molecule has 0 aliphatic heterocycles. The third kappa shape index (κ3) is 4.93. The maximum atomic E-state index is 9.75. The van der Waals surface area contributed by atoms with Gasteiger partial charge < -0.3 is 14.7 Å². The van der Waals surface area contributed by atoms with Crippen LogP contribution in [0, 0.1) is 0 Å². The Hall–Kier alpha value is -0.900. The van der Waals surface area contributed by atoms with E-state index < -0.39 is 6.10 Å².